The fraction of sp³-hybridized carbons (Fsp3) is 0.333. The highest BCUT2D eigenvalue weighted by Crippen LogP contribution is 2.30. The van der Waals surface area contributed by atoms with Gasteiger partial charge in [-0.3, -0.25) is 9.59 Å². The summed E-state index contributed by atoms with van der Waals surface area (Å²) in [5.41, 5.74) is 2.91. The number of rotatable bonds is 3. The minimum atomic E-state index is -0.796. The Kier molecular flexibility index (Phi) is 5.13. The molecule has 2 aliphatic rings. The monoisotopic (exact) mass is 399 g/mol. The fourth-order valence-electron chi connectivity index (χ4n) is 3.63. The minimum absolute atomic E-state index is 0.0381. The fourth-order valence-corrected chi connectivity index (χ4v) is 3.80. The van der Waals surface area contributed by atoms with Crippen LogP contribution >= 0.6 is 11.6 Å². The Balaban J connectivity index is 1.36. The summed E-state index contributed by atoms with van der Waals surface area (Å²) < 4.78 is 5.74. The number of ether oxygens (including phenoxy) is 1. The van der Waals surface area contributed by atoms with Crippen LogP contribution in [-0.2, 0) is 9.59 Å². The second-order valence-electron chi connectivity index (χ2n) is 7.09. The second-order valence-corrected chi connectivity index (χ2v) is 7.53. The molecule has 7 heteroatoms. The quantitative estimate of drug-likeness (QED) is 0.861. The highest BCUT2D eigenvalue weighted by Gasteiger charge is 2.32. The minimum Gasteiger partial charge on any atom is -0.478 e. The molecule has 0 radical (unpaired) electrons. The maximum atomic E-state index is 12.7. The number of nitrogens with zero attached hydrogens (tertiary/aromatic N) is 2. The molecule has 2 heterocycles. The van der Waals surface area contributed by atoms with Crippen molar-refractivity contribution in [3.05, 3.63) is 53.1 Å². The third-order valence-electron chi connectivity index (χ3n) is 5.21. The Morgan fingerprint density at radius 2 is 1.93 bits per heavy atom. The number of nitrogens with one attached hydrogen (secondary N) is 1. The first-order chi connectivity index (χ1) is 13.5. The first-order valence-electron chi connectivity index (χ1n) is 9.37. The van der Waals surface area contributed by atoms with Gasteiger partial charge in [-0.2, -0.15) is 0 Å². The lowest BCUT2D eigenvalue weighted by Gasteiger charge is -2.37. The molecule has 1 N–H and O–H groups in total. The van der Waals surface area contributed by atoms with E-state index < -0.39 is 6.10 Å². The highest BCUT2D eigenvalue weighted by atomic mass is 35.5. The first kappa shape index (κ1) is 18.6. The van der Waals surface area contributed by atoms with Crippen LogP contribution in [0.25, 0.3) is 0 Å². The van der Waals surface area contributed by atoms with Gasteiger partial charge in [0.2, 0.25) is 5.91 Å². The summed E-state index contributed by atoms with van der Waals surface area (Å²) in [5, 5.41) is 3.51. The normalized spacial score (nSPS) is 18.9. The van der Waals surface area contributed by atoms with Gasteiger partial charge in [-0.15, -0.1) is 0 Å². The molecule has 1 saturated heterocycles. The molecule has 1 atom stereocenters. The number of amides is 2. The van der Waals surface area contributed by atoms with Crippen LogP contribution in [0.4, 0.5) is 11.4 Å². The maximum absolute atomic E-state index is 12.7. The van der Waals surface area contributed by atoms with E-state index >= 15 is 0 Å². The highest BCUT2D eigenvalue weighted by molar-refractivity contribution is 6.30. The summed E-state index contributed by atoms with van der Waals surface area (Å²) in [6, 6.07) is 13.1. The Morgan fingerprint density at radius 1 is 1.18 bits per heavy atom. The summed E-state index contributed by atoms with van der Waals surface area (Å²) in [7, 11) is 0. The third-order valence-corrected chi connectivity index (χ3v) is 5.45. The van der Waals surface area contributed by atoms with E-state index in [1.54, 1.807) is 17.0 Å². The Morgan fingerprint density at radius 3 is 2.71 bits per heavy atom. The van der Waals surface area contributed by atoms with Gasteiger partial charge in [-0.05, 0) is 36.8 Å². The maximum Gasteiger partial charge on any atom is 0.266 e. The molecule has 4 rings (SSSR count). The van der Waals surface area contributed by atoms with Crippen molar-refractivity contribution in [3.8, 4) is 5.75 Å². The smallest absolute Gasteiger partial charge is 0.266 e. The van der Waals surface area contributed by atoms with Gasteiger partial charge in [0, 0.05) is 36.9 Å². The Labute approximate surface area is 169 Å². The van der Waals surface area contributed by atoms with Gasteiger partial charge in [0.25, 0.3) is 5.91 Å². The number of fused-ring (bicyclic) bond motifs is 1. The lowest BCUT2D eigenvalue weighted by Crippen LogP contribution is -2.50. The number of carbonyl (C=O) groups is 2. The van der Waals surface area contributed by atoms with Crippen LogP contribution in [0.5, 0.6) is 5.75 Å². The van der Waals surface area contributed by atoms with E-state index in [-0.39, 0.29) is 18.2 Å². The zero-order valence-corrected chi connectivity index (χ0v) is 16.4. The molecule has 1 fully saturated rings. The summed E-state index contributed by atoms with van der Waals surface area (Å²) in [5.74, 6) is 0.253. The topological polar surface area (TPSA) is 61.9 Å². The molecular weight excluding hydrogens is 378 g/mol. The van der Waals surface area contributed by atoms with Gasteiger partial charge in [-0.25, -0.2) is 0 Å². The summed E-state index contributed by atoms with van der Waals surface area (Å²) in [6.45, 7) is 4.73. The molecule has 0 unspecified atom stereocenters. The van der Waals surface area contributed by atoms with E-state index in [9.17, 15) is 9.59 Å². The summed E-state index contributed by atoms with van der Waals surface area (Å²) in [6.07, 6.45) is -0.758. The van der Waals surface area contributed by atoms with Gasteiger partial charge in [0.1, 0.15) is 5.75 Å². The van der Waals surface area contributed by atoms with Crippen LogP contribution in [0, 0.1) is 6.92 Å². The summed E-state index contributed by atoms with van der Waals surface area (Å²) >= 11 is 6.13. The van der Waals surface area contributed by atoms with Crippen molar-refractivity contribution in [1.29, 1.82) is 0 Å². The number of aryl methyl sites for hydroxylation is 1. The van der Waals surface area contributed by atoms with Crippen LogP contribution in [0.3, 0.4) is 0 Å². The van der Waals surface area contributed by atoms with Crippen molar-refractivity contribution in [2.45, 2.75) is 19.4 Å². The molecule has 2 amide bonds. The molecule has 0 spiro atoms. The van der Waals surface area contributed by atoms with Crippen LogP contribution in [-0.4, -0.2) is 49.0 Å². The second kappa shape index (κ2) is 7.72. The van der Waals surface area contributed by atoms with E-state index in [0.717, 1.165) is 24.3 Å². The zero-order chi connectivity index (χ0) is 19.7. The standard InChI is InChI=1S/C21H22ClN3O3/c1-14-6-7-15(22)12-17(14)24-8-10-25(11-9-24)20(26)13-19-21(27)23-16-4-2-3-5-18(16)28-19/h2-7,12,19H,8-11,13H2,1H3,(H,23,27)/t19-/m1/s1. The largest absolute Gasteiger partial charge is 0.478 e. The number of hydrogen-bond donors (Lipinski definition) is 1. The van der Waals surface area contributed by atoms with E-state index in [1.165, 1.54) is 0 Å². The number of carbonyl (C=O) groups excluding carboxylic acids is 2. The number of para-hydroxylation sites is 2. The van der Waals surface area contributed by atoms with E-state index in [1.807, 2.05) is 30.3 Å². The van der Waals surface area contributed by atoms with Gasteiger partial charge in [-0.1, -0.05) is 29.8 Å². The Hall–Kier alpha value is -2.73. The molecule has 146 valence electrons. The SMILES string of the molecule is Cc1ccc(Cl)cc1N1CCN(C(=O)C[C@H]2Oc3ccccc3NC2=O)CC1. The molecular formula is C21H22ClN3O3. The number of halogens is 1. The zero-order valence-electron chi connectivity index (χ0n) is 15.7. The average Bonchev–Trinajstić information content (AvgIpc) is 2.70. The lowest BCUT2D eigenvalue weighted by molar-refractivity contribution is -0.137. The molecule has 2 aromatic rings. The number of piperazine rings is 1. The molecule has 6 nitrogen and oxygen atoms in total. The van der Waals surface area contributed by atoms with Crippen molar-refractivity contribution < 1.29 is 14.3 Å². The molecule has 0 aromatic heterocycles. The molecule has 0 aliphatic carbocycles. The van der Waals surface area contributed by atoms with Crippen molar-refractivity contribution in [1.82, 2.24) is 4.90 Å². The first-order valence-corrected chi connectivity index (χ1v) is 9.74. The van der Waals surface area contributed by atoms with Crippen molar-refractivity contribution in [2.75, 3.05) is 36.4 Å². The van der Waals surface area contributed by atoms with Crippen LogP contribution < -0.4 is 15.0 Å². The van der Waals surface area contributed by atoms with E-state index in [0.29, 0.717) is 29.5 Å². The molecule has 2 aliphatic heterocycles. The molecule has 28 heavy (non-hydrogen) atoms. The van der Waals surface area contributed by atoms with E-state index in [2.05, 4.69) is 17.1 Å². The number of anilines is 2. The molecule has 0 saturated carbocycles. The van der Waals surface area contributed by atoms with Crippen molar-refractivity contribution in [2.24, 2.45) is 0 Å². The predicted molar refractivity (Wildman–Crippen MR) is 109 cm³/mol. The third kappa shape index (κ3) is 3.78. The number of hydrogen-bond acceptors (Lipinski definition) is 4. The lowest BCUT2D eigenvalue weighted by atomic mass is 10.1. The van der Waals surface area contributed by atoms with Crippen molar-refractivity contribution in [3.63, 3.8) is 0 Å². The number of benzene rings is 2. The van der Waals surface area contributed by atoms with Gasteiger partial charge in [0.05, 0.1) is 12.1 Å². The Bertz CT molecular complexity index is 910. The van der Waals surface area contributed by atoms with Gasteiger partial charge in [0.15, 0.2) is 6.10 Å². The van der Waals surface area contributed by atoms with Gasteiger partial charge >= 0.3 is 0 Å². The predicted octanol–water partition coefficient (Wildman–Crippen LogP) is 3.09. The van der Waals surface area contributed by atoms with Crippen LogP contribution in [0.15, 0.2) is 42.5 Å². The van der Waals surface area contributed by atoms with Crippen LogP contribution in [0.2, 0.25) is 5.02 Å². The molecule has 2 aromatic carbocycles. The summed E-state index contributed by atoms with van der Waals surface area (Å²) in [4.78, 5) is 29.0. The van der Waals surface area contributed by atoms with Crippen molar-refractivity contribution >= 4 is 34.8 Å². The van der Waals surface area contributed by atoms with E-state index in [4.69, 9.17) is 16.3 Å². The van der Waals surface area contributed by atoms with Crippen LogP contribution in [0.1, 0.15) is 12.0 Å². The molecule has 0 bridgehead atoms. The van der Waals surface area contributed by atoms with Gasteiger partial charge < -0.3 is 19.9 Å². The average molecular weight is 400 g/mol.